The van der Waals surface area contributed by atoms with E-state index < -0.39 is 0 Å². The van der Waals surface area contributed by atoms with E-state index in [9.17, 15) is 0 Å². The predicted molar refractivity (Wildman–Crippen MR) is 226 cm³/mol. The fourth-order valence-electron chi connectivity index (χ4n) is 8.52. The van der Waals surface area contributed by atoms with Crippen molar-refractivity contribution < 1.29 is 4.42 Å². The molecule has 1 atom stereocenters. The highest BCUT2D eigenvalue weighted by atomic mass is 16.3. The van der Waals surface area contributed by atoms with E-state index in [1.54, 1.807) is 0 Å². The maximum absolute atomic E-state index is 6.67. The largest absolute Gasteiger partial charge is 0.460 e. The van der Waals surface area contributed by atoms with E-state index in [0.29, 0.717) is 17.5 Å². The van der Waals surface area contributed by atoms with Crippen molar-refractivity contribution >= 4 is 44.7 Å². The summed E-state index contributed by atoms with van der Waals surface area (Å²) in [7, 11) is 0. The smallest absolute Gasteiger partial charge is 0.164 e. The van der Waals surface area contributed by atoms with Gasteiger partial charge in [0.2, 0.25) is 0 Å². The van der Waals surface area contributed by atoms with Crippen LogP contribution in [-0.2, 0) is 12.8 Å². The van der Waals surface area contributed by atoms with Crippen LogP contribution in [0.2, 0.25) is 0 Å². The predicted octanol–water partition coefficient (Wildman–Crippen LogP) is 12.9. The van der Waals surface area contributed by atoms with Crippen molar-refractivity contribution in [1.29, 1.82) is 0 Å². The molecule has 2 aromatic heterocycles. The van der Waals surface area contributed by atoms with E-state index in [4.69, 9.17) is 19.4 Å². The van der Waals surface area contributed by atoms with Crippen molar-refractivity contribution in [2.45, 2.75) is 25.2 Å². The maximum atomic E-state index is 6.67. The molecule has 0 fully saturated rings. The van der Waals surface area contributed by atoms with E-state index in [0.717, 1.165) is 63.6 Å². The van der Waals surface area contributed by atoms with Gasteiger partial charge in [-0.1, -0.05) is 146 Å². The molecule has 0 aliphatic heterocycles. The zero-order chi connectivity index (χ0) is 36.3. The van der Waals surface area contributed by atoms with Crippen LogP contribution in [0.3, 0.4) is 0 Å². The second-order valence-corrected chi connectivity index (χ2v) is 14.7. The monoisotopic (exact) mass is 705 g/mol. The Labute approximate surface area is 319 Å². The summed E-state index contributed by atoms with van der Waals surface area (Å²) in [5.74, 6) is 3.28. The lowest BCUT2D eigenvalue weighted by atomic mass is 9.80. The maximum Gasteiger partial charge on any atom is 0.164 e. The first kappa shape index (κ1) is 31.6. The Morgan fingerprint density at radius 2 is 1.16 bits per heavy atom. The van der Waals surface area contributed by atoms with E-state index >= 15 is 0 Å². The SMILES string of the molecule is C1=Cc2c(C3C=Cc4c(oc5cc(-c6ccc7ccccc7c6)ccc45)C3)ccc(-c3nc(-c4ccccc4)nc(-c4ccc5ccccc5c4)n3)c2CC1. The van der Waals surface area contributed by atoms with Crippen LogP contribution in [0.25, 0.3) is 90.0 Å². The number of hydrogen-bond acceptors (Lipinski definition) is 4. The van der Waals surface area contributed by atoms with Crippen molar-refractivity contribution in [3.05, 3.63) is 186 Å². The zero-order valence-electron chi connectivity index (χ0n) is 30.1. The van der Waals surface area contributed by atoms with Crippen molar-refractivity contribution in [2.24, 2.45) is 0 Å². The van der Waals surface area contributed by atoms with Crippen LogP contribution in [0, 0.1) is 0 Å². The molecule has 2 aliphatic rings. The van der Waals surface area contributed by atoms with Gasteiger partial charge in [-0.05, 0) is 86.5 Å². The Bertz CT molecular complexity index is 3030. The van der Waals surface area contributed by atoms with Crippen LogP contribution < -0.4 is 0 Å². The summed E-state index contributed by atoms with van der Waals surface area (Å²) < 4.78 is 6.67. The summed E-state index contributed by atoms with van der Waals surface area (Å²) in [6.07, 6.45) is 11.9. The molecule has 4 nitrogen and oxygen atoms in total. The van der Waals surface area contributed by atoms with Gasteiger partial charge in [-0.3, -0.25) is 0 Å². The van der Waals surface area contributed by atoms with Gasteiger partial charge in [0.1, 0.15) is 11.3 Å². The molecule has 11 rings (SSSR count). The average Bonchev–Trinajstić information content (AvgIpc) is 3.63. The summed E-state index contributed by atoms with van der Waals surface area (Å²) in [6, 6.07) is 51.4. The van der Waals surface area contributed by atoms with Crippen LogP contribution in [0.5, 0.6) is 0 Å². The molecule has 1 unspecified atom stereocenters. The highest BCUT2D eigenvalue weighted by molar-refractivity contribution is 5.94. The van der Waals surface area contributed by atoms with E-state index in [2.05, 4.69) is 152 Å². The van der Waals surface area contributed by atoms with Crippen LogP contribution in [0.1, 0.15) is 40.4 Å². The molecule has 2 aliphatic carbocycles. The molecule has 55 heavy (non-hydrogen) atoms. The number of hydrogen-bond donors (Lipinski definition) is 0. The van der Waals surface area contributed by atoms with Crippen molar-refractivity contribution in [2.75, 3.05) is 0 Å². The molecular weight excluding hydrogens is 671 g/mol. The first-order valence-corrected chi connectivity index (χ1v) is 19.1. The number of fused-ring (bicyclic) bond motifs is 6. The van der Waals surface area contributed by atoms with Gasteiger partial charge in [0.05, 0.1) is 0 Å². The standard InChI is InChI=1S/C51H35N3O/c1-2-12-34(13-3-1)49-52-50(40-21-19-33-11-5-7-15-36(33)29-40)54-51(53-49)46-27-26-41(42-16-8-9-17-43(42)46)39-23-25-45-44-24-22-38(30-47(44)55-48(45)31-39)37-20-18-32-10-4-6-14-35(32)28-37/h1-8,10-16,18-30,39H,9,17,31H2. The van der Waals surface area contributed by atoms with Crippen LogP contribution >= 0.6 is 0 Å². The minimum Gasteiger partial charge on any atom is -0.460 e. The number of benzene rings is 7. The number of aromatic nitrogens is 3. The Balaban J connectivity index is 0.967. The van der Waals surface area contributed by atoms with Gasteiger partial charge in [-0.25, -0.2) is 15.0 Å². The Morgan fingerprint density at radius 3 is 1.96 bits per heavy atom. The second kappa shape index (κ2) is 12.9. The molecular formula is C51H35N3O. The minimum absolute atomic E-state index is 0.185. The fraction of sp³-hybridized carbons (Fsp3) is 0.0784. The molecule has 0 N–H and O–H groups in total. The number of nitrogens with zero attached hydrogens (tertiary/aromatic N) is 3. The van der Waals surface area contributed by atoms with Gasteiger partial charge in [0.15, 0.2) is 17.5 Å². The first-order valence-electron chi connectivity index (χ1n) is 19.1. The Kier molecular flexibility index (Phi) is 7.41. The van der Waals surface area contributed by atoms with Gasteiger partial charge >= 0.3 is 0 Å². The zero-order valence-corrected chi connectivity index (χ0v) is 30.1. The van der Waals surface area contributed by atoms with Crippen molar-refractivity contribution in [1.82, 2.24) is 15.0 Å². The van der Waals surface area contributed by atoms with Gasteiger partial charge in [0, 0.05) is 40.0 Å². The molecule has 0 amide bonds. The Hall–Kier alpha value is -6.91. The lowest BCUT2D eigenvalue weighted by Gasteiger charge is -2.24. The van der Waals surface area contributed by atoms with Crippen LogP contribution in [0.15, 0.2) is 162 Å². The summed E-state index contributed by atoms with van der Waals surface area (Å²) >= 11 is 0. The third-order valence-corrected chi connectivity index (χ3v) is 11.3. The normalized spacial score (nSPS) is 14.7. The molecule has 260 valence electrons. The molecule has 0 saturated heterocycles. The van der Waals surface area contributed by atoms with Gasteiger partial charge in [-0.15, -0.1) is 0 Å². The summed E-state index contributed by atoms with van der Waals surface area (Å²) in [5.41, 5.74) is 11.4. The quantitative estimate of drug-likeness (QED) is 0.179. The molecule has 9 aromatic rings. The second-order valence-electron chi connectivity index (χ2n) is 14.7. The minimum atomic E-state index is 0.185. The number of furan rings is 1. The molecule has 0 spiro atoms. The van der Waals surface area contributed by atoms with Crippen molar-refractivity contribution in [3.8, 4) is 45.3 Å². The number of allylic oxidation sites excluding steroid dienone is 2. The molecule has 7 aromatic carbocycles. The van der Waals surface area contributed by atoms with Crippen molar-refractivity contribution in [3.63, 3.8) is 0 Å². The highest BCUT2D eigenvalue weighted by Crippen LogP contribution is 2.42. The van der Waals surface area contributed by atoms with E-state index in [1.165, 1.54) is 44.0 Å². The molecule has 0 bridgehead atoms. The summed E-state index contributed by atoms with van der Waals surface area (Å²) in [4.78, 5) is 15.3. The average molecular weight is 706 g/mol. The Morgan fingerprint density at radius 1 is 0.509 bits per heavy atom. The first-order chi connectivity index (χ1) is 27.2. The topological polar surface area (TPSA) is 51.8 Å². The highest BCUT2D eigenvalue weighted by Gasteiger charge is 2.26. The van der Waals surface area contributed by atoms with Gasteiger partial charge in [0.25, 0.3) is 0 Å². The van der Waals surface area contributed by atoms with E-state index in [1.807, 2.05) is 18.2 Å². The molecule has 2 heterocycles. The third kappa shape index (κ3) is 5.57. The molecule has 4 heteroatoms. The summed E-state index contributed by atoms with van der Waals surface area (Å²) in [5, 5.41) is 6.01. The molecule has 0 saturated carbocycles. The lowest BCUT2D eigenvalue weighted by molar-refractivity contribution is 0.532. The molecule has 0 radical (unpaired) electrons. The van der Waals surface area contributed by atoms with Crippen LogP contribution in [0.4, 0.5) is 0 Å². The lowest BCUT2D eigenvalue weighted by Crippen LogP contribution is -2.10. The van der Waals surface area contributed by atoms with Gasteiger partial charge < -0.3 is 4.42 Å². The van der Waals surface area contributed by atoms with Crippen LogP contribution in [-0.4, -0.2) is 15.0 Å². The summed E-state index contributed by atoms with van der Waals surface area (Å²) in [6.45, 7) is 0. The fourth-order valence-corrected chi connectivity index (χ4v) is 8.52. The third-order valence-electron chi connectivity index (χ3n) is 11.3. The van der Waals surface area contributed by atoms with Gasteiger partial charge in [-0.2, -0.15) is 0 Å². The van der Waals surface area contributed by atoms with E-state index in [-0.39, 0.29) is 5.92 Å². The number of rotatable bonds is 5.